The van der Waals surface area contributed by atoms with Gasteiger partial charge < -0.3 is 14.0 Å². The molecule has 7 heteroatoms. The van der Waals surface area contributed by atoms with Gasteiger partial charge in [0.1, 0.15) is 11.6 Å². The molecule has 24 heavy (non-hydrogen) atoms. The van der Waals surface area contributed by atoms with Crippen molar-refractivity contribution in [1.29, 1.82) is 0 Å². The lowest BCUT2D eigenvalue weighted by atomic mass is 10.1. The van der Waals surface area contributed by atoms with Crippen LogP contribution in [-0.2, 0) is 18.4 Å². The average Bonchev–Trinajstić information content (AvgIpc) is 3.30. The lowest BCUT2D eigenvalue weighted by Gasteiger charge is -2.15. The zero-order chi connectivity index (χ0) is 16.5. The highest BCUT2D eigenvalue weighted by Gasteiger charge is 2.36. The van der Waals surface area contributed by atoms with Gasteiger partial charge in [0, 0.05) is 20.1 Å². The molecule has 1 aliphatic heterocycles. The molecule has 7 nitrogen and oxygen atoms in total. The second kappa shape index (κ2) is 5.92. The summed E-state index contributed by atoms with van der Waals surface area (Å²) >= 11 is 0. The smallest absolute Gasteiger partial charge is 0.239 e. The van der Waals surface area contributed by atoms with Gasteiger partial charge in [-0.05, 0) is 12.0 Å². The van der Waals surface area contributed by atoms with Crippen molar-refractivity contribution in [2.75, 3.05) is 6.54 Å². The summed E-state index contributed by atoms with van der Waals surface area (Å²) < 4.78 is 7.16. The van der Waals surface area contributed by atoms with Gasteiger partial charge in [0.15, 0.2) is 0 Å². The Labute approximate surface area is 138 Å². The lowest BCUT2D eigenvalue weighted by molar-refractivity contribution is -0.129. The molecule has 1 saturated heterocycles. The first-order chi connectivity index (χ1) is 11.7. The molecule has 0 aliphatic carbocycles. The number of imidazole rings is 1. The highest BCUT2D eigenvalue weighted by Crippen LogP contribution is 2.29. The van der Waals surface area contributed by atoms with E-state index >= 15 is 0 Å². The minimum Gasteiger partial charge on any atom is -0.338 e. The van der Waals surface area contributed by atoms with Crippen LogP contribution in [0.3, 0.4) is 0 Å². The number of hydrogen-bond donors (Lipinski definition) is 0. The third-order valence-corrected chi connectivity index (χ3v) is 4.30. The van der Waals surface area contributed by atoms with Crippen molar-refractivity contribution in [2.24, 2.45) is 7.05 Å². The number of benzene rings is 1. The van der Waals surface area contributed by atoms with Crippen molar-refractivity contribution in [2.45, 2.75) is 18.9 Å². The fourth-order valence-corrected chi connectivity index (χ4v) is 2.98. The van der Waals surface area contributed by atoms with Gasteiger partial charge in [0.05, 0.1) is 12.5 Å². The Morgan fingerprint density at radius 2 is 2.12 bits per heavy atom. The largest absolute Gasteiger partial charge is 0.338 e. The van der Waals surface area contributed by atoms with Crippen LogP contribution in [0.1, 0.15) is 23.8 Å². The standard InChI is InChI=1S/C17H17N5O2/c1-21-11-18-9-14(21)15-19-16(24-20-15)13-7-8-22(17(13)23)10-12-5-3-2-4-6-12/h2-6,9,11,13H,7-8,10H2,1H3. The number of hydrogen-bond acceptors (Lipinski definition) is 5. The molecule has 1 unspecified atom stereocenters. The Hall–Kier alpha value is -2.96. The molecule has 1 aromatic carbocycles. The second-order valence-corrected chi connectivity index (χ2v) is 5.93. The molecule has 0 radical (unpaired) electrons. The molecular weight excluding hydrogens is 306 g/mol. The molecule has 3 aromatic rings. The minimum absolute atomic E-state index is 0.0408. The molecule has 1 fully saturated rings. The topological polar surface area (TPSA) is 77.0 Å². The fourth-order valence-electron chi connectivity index (χ4n) is 2.98. The number of nitrogens with zero attached hydrogens (tertiary/aromatic N) is 5. The Morgan fingerprint density at radius 3 is 2.88 bits per heavy atom. The first-order valence-electron chi connectivity index (χ1n) is 7.85. The molecule has 4 rings (SSSR count). The Morgan fingerprint density at radius 1 is 1.29 bits per heavy atom. The molecule has 0 spiro atoms. The van der Waals surface area contributed by atoms with Gasteiger partial charge in [-0.3, -0.25) is 4.79 Å². The lowest BCUT2D eigenvalue weighted by Crippen LogP contribution is -2.26. The third kappa shape index (κ3) is 2.58. The number of carbonyl (C=O) groups excluding carboxylic acids is 1. The maximum Gasteiger partial charge on any atom is 0.239 e. The summed E-state index contributed by atoms with van der Waals surface area (Å²) in [6.45, 7) is 1.31. The zero-order valence-corrected chi connectivity index (χ0v) is 13.3. The molecule has 2 aromatic heterocycles. The molecule has 0 N–H and O–H groups in total. The van der Waals surface area contributed by atoms with E-state index < -0.39 is 0 Å². The highest BCUT2D eigenvalue weighted by molar-refractivity contribution is 5.84. The Bertz CT molecular complexity index is 855. The second-order valence-electron chi connectivity index (χ2n) is 5.93. The molecule has 1 amide bonds. The van der Waals surface area contributed by atoms with Crippen LogP contribution in [0.2, 0.25) is 0 Å². The monoisotopic (exact) mass is 323 g/mol. The normalized spacial score (nSPS) is 17.6. The molecule has 0 bridgehead atoms. The maximum atomic E-state index is 12.7. The molecular formula is C17H17N5O2. The summed E-state index contributed by atoms with van der Waals surface area (Å²) in [6, 6.07) is 9.97. The van der Waals surface area contributed by atoms with Crippen LogP contribution in [0, 0.1) is 0 Å². The number of aryl methyl sites for hydroxylation is 1. The van der Waals surface area contributed by atoms with Crippen LogP contribution in [-0.4, -0.2) is 37.0 Å². The Balaban J connectivity index is 1.51. The Kier molecular flexibility index (Phi) is 3.60. The zero-order valence-electron chi connectivity index (χ0n) is 13.3. The van der Waals surface area contributed by atoms with Gasteiger partial charge in [0.2, 0.25) is 17.6 Å². The molecule has 0 saturated carbocycles. The summed E-state index contributed by atoms with van der Waals surface area (Å²) in [6.07, 6.45) is 4.04. The fraction of sp³-hybridized carbons (Fsp3) is 0.294. The van der Waals surface area contributed by atoms with Crippen molar-refractivity contribution in [1.82, 2.24) is 24.6 Å². The van der Waals surface area contributed by atoms with Gasteiger partial charge in [0.25, 0.3) is 0 Å². The van der Waals surface area contributed by atoms with E-state index in [1.165, 1.54) is 0 Å². The molecule has 122 valence electrons. The highest BCUT2D eigenvalue weighted by atomic mass is 16.5. The van der Waals surface area contributed by atoms with Gasteiger partial charge in [-0.15, -0.1) is 0 Å². The summed E-state index contributed by atoms with van der Waals surface area (Å²) in [5.74, 6) is 0.522. The predicted octanol–water partition coefficient (Wildman–Crippen LogP) is 1.99. The summed E-state index contributed by atoms with van der Waals surface area (Å²) in [5, 5.41) is 3.99. The van der Waals surface area contributed by atoms with Gasteiger partial charge >= 0.3 is 0 Å². The summed E-state index contributed by atoms with van der Waals surface area (Å²) in [4.78, 5) is 22.9. The maximum absolute atomic E-state index is 12.7. The van der Waals surface area contributed by atoms with E-state index in [4.69, 9.17) is 4.52 Å². The van der Waals surface area contributed by atoms with Gasteiger partial charge in [-0.25, -0.2) is 4.98 Å². The van der Waals surface area contributed by atoms with Crippen LogP contribution >= 0.6 is 0 Å². The van der Waals surface area contributed by atoms with Crippen molar-refractivity contribution < 1.29 is 9.32 Å². The van der Waals surface area contributed by atoms with E-state index in [1.807, 2.05) is 46.8 Å². The molecule has 3 heterocycles. The first kappa shape index (κ1) is 14.6. The predicted molar refractivity (Wildman–Crippen MR) is 85.7 cm³/mol. The summed E-state index contributed by atoms with van der Waals surface area (Å²) in [5.41, 5.74) is 1.88. The molecule has 1 aliphatic rings. The average molecular weight is 323 g/mol. The van der Waals surface area contributed by atoms with E-state index in [9.17, 15) is 4.79 Å². The van der Waals surface area contributed by atoms with Crippen molar-refractivity contribution >= 4 is 5.91 Å². The first-order valence-corrected chi connectivity index (χ1v) is 7.85. The third-order valence-electron chi connectivity index (χ3n) is 4.30. The van der Waals surface area contributed by atoms with Crippen LogP contribution in [0.15, 0.2) is 47.4 Å². The quantitative estimate of drug-likeness (QED) is 0.734. The number of likely N-dealkylation sites (tertiary alicyclic amines) is 1. The SMILES string of the molecule is Cn1cncc1-c1noc(C2CCN(Cc3ccccc3)C2=O)n1. The van der Waals surface area contributed by atoms with E-state index in [1.54, 1.807) is 12.5 Å². The van der Waals surface area contributed by atoms with E-state index in [0.717, 1.165) is 11.3 Å². The van der Waals surface area contributed by atoms with Gasteiger partial charge in [-0.1, -0.05) is 35.5 Å². The molecule has 1 atom stereocenters. The van der Waals surface area contributed by atoms with E-state index in [-0.39, 0.29) is 11.8 Å². The van der Waals surface area contributed by atoms with Crippen LogP contribution < -0.4 is 0 Å². The van der Waals surface area contributed by atoms with Crippen LogP contribution in [0.5, 0.6) is 0 Å². The van der Waals surface area contributed by atoms with Crippen LogP contribution in [0.4, 0.5) is 0 Å². The van der Waals surface area contributed by atoms with E-state index in [0.29, 0.717) is 31.2 Å². The van der Waals surface area contributed by atoms with Gasteiger partial charge in [-0.2, -0.15) is 4.98 Å². The minimum atomic E-state index is -0.358. The number of carbonyl (C=O) groups is 1. The summed E-state index contributed by atoms with van der Waals surface area (Å²) in [7, 11) is 1.86. The number of amides is 1. The number of rotatable bonds is 4. The van der Waals surface area contributed by atoms with Crippen molar-refractivity contribution in [3.05, 3.63) is 54.3 Å². The van der Waals surface area contributed by atoms with Crippen molar-refractivity contribution in [3.63, 3.8) is 0 Å². The van der Waals surface area contributed by atoms with E-state index in [2.05, 4.69) is 15.1 Å². The number of aromatic nitrogens is 4. The van der Waals surface area contributed by atoms with Crippen LogP contribution in [0.25, 0.3) is 11.5 Å². The van der Waals surface area contributed by atoms with Crippen molar-refractivity contribution in [3.8, 4) is 11.5 Å².